The van der Waals surface area contributed by atoms with Crippen molar-refractivity contribution in [2.75, 3.05) is 26.3 Å². The molecule has 0 aliphatic rings. The van der Waals surface area contributed by atoms with Gasteiger partial charge in [0, 0.05) is 0 Å². The second kappa shape index (κ2) is 9.61. The summed E-state index contributed by atoms with van der Waals surface area (Å²) in [6.07, 6.45) is 3.99. The molecule has 0 aliphatic carbocycles. The van der Waals surface area contributed by atoms with Crippen molar-refractivity contribution < 1.29 is 9.47 Å². The molecule has 0 unspecified atom stereocenters. The topological polar surface area (TPSA) is 70.5 Å². The molecular formula is C16H28N2O2. The van der Waals surface area contributed by atoms with Crippen LogP contribution in [0.3, 0.4) is 0 Å². The van der Waals surface area contributed by atoms with Crippen molar-refractivity contribution in [2.45, 2.75) is 39.5 Å². The van der Waals surface area contributed by atoms with Crippen molar-refractivity contribution in [3.63, 3.8) is 0 Å². The first-order chi connectivity index (χ1) is 9.69. The molecule has 1 rings (SSSR count). The number of benzene rings is 1. The van der Waals surface area contributed by atoms with Gasteiger partial charge in [-0.3, -0.25) is 0 Å². The number of rotatable bonds is 10. The Morgan fingerprint density at radius 1 is 0.750 bits per heavy atom. The molecule has 0 saturated carbocycles. The Balaban J connectivity index is 2.52. The summed E-state index contributed by atoms with van der Waals surface area (Å²) in [7, 11) is 0. The van der Waals surface area contributed by atoms with E-state index in [1.165, 1.54) is 0 Å². The van der Waals surface area contributed by atoms with Crippen LogP contribution in [0, 0.1) is 13.8 Å². The van der Waals surface area contributed by atoms with Gasteiger partial charge in [0.2, 0.25) is 0 Å². The summed E-state index contributed by atoms with van der Waals surface area (Å²) >= 11 is 0. The summed E-state index contributed by atoms with van der Waals surface area (Å²) in [6.45, 7) is 6.96. The van der Waals surface area contributed by atoms with Crippen LogP contribution in [0.15, 0.2) is 12.1 Å². The molecule has 114 valence electrons. The molecule has 0 spiro atoms. The number of nitrogens with two attached hydrogens (primary N) is 2. The summed E-state index contributed by atoms with van der Waals surface area (Å²) in [4.78, 5) is 0. The first-order valence-corrected chi connectivity index (χ1v) is 7.46. The molecule has 0 heterocycles. The second-order valence-corrected chi connectivity index (χ2v) is 5.07. The lowest BCUT2D eigenvalue weighted by Crippen LogP contribution is -2.06. The van der Waals surface area contributed by atoms with Crippen molar-refractivity contribution in [3.8, 4) is 11.5 Å². The highest BCUT2D eigenvalue weighted by Crippen LogP contribution is 2.28. The Hall–Kier alpha value is -1.26. The maximum absolute atomic E-state index is 5.79. The predicted molar refractivity (Wildman–Crippen MR) is 83.5 cm³/mol. The minimum atomic E-state index is 0.716. The van der Waals surface area contributed by atoms with Gasteiger partial charge < -0.3 is 20.9 Å². The van der Waals surface area contributed by atoms with Gasteiger partial charge in [-0.05, 0) is 75.9 Å². The third-order valence-electron chi connectivity index (χ3n) is 3.18. The highest BCUT2D eigenvalue weighted by Gasteiger charge is 2.06. The van der Waals surface area contributed by atoms with Crippen LogP contribution < -0.4 is 20.9 Å². The number of aryl methyl sites for hydroxylation is 2. The van der Waals surface area contributed by atoms with E-state index in [1.807, 2.05) is 13.8 Å². The smallest absolute Gasteiger partial charge is 0.122 e. The number of ether oxygens (including phenoxy) is 2. The number of unbranched alkanes of at least 4 members (excludes halogenated alkanes) is 2. The summed E-state index contributed by atoms with van der Waals surface area (Å²) in [5.41, 5.74) is 13.2. The molecule has 0 saturated heterocycles. The van der Waals surface area contributed by atoms with Crippen LogP contribution >= 0.6 is 0 Å². The summed E-state index contributed by atoms with van der Waals surface area (Å²) in [6, 6.07) is 4.10. The van der Waals surface area contributed by atoms with Gasteiger partial charge in [0.25, 0.3) is 0 Å². The average Bonchev–Trinajstić information content (AvgIpc) is 2.44. The zero-order valence-electron chi connectivity index (χ0n) is 12.8. The Labute approximate surface area is 122 Å². The van der Waals surface area contributed by atoms with Gasteiger partial charge in [0.05, 0.1) is 13.2 Å². The highest BCUT2D eigenvalue weighted by atomic mass is 16.5. The average molecular weight is 280 g/mol. The molecule has 0 radical (unpaired) electrons. The Bertz CT molecular complexity index is 357. The van der Waals surface area contributed by atoms with E-state index >= 15 is 0 Å². The summed E-state index contributed by atoms with van der Waals surface area (Å²) < 4.78 is 11.6. The first-order valence-electron chi connectivity index (χ1n) is 7.46. The van der Waals surface area contributed by atoms with Crippen LogP contribution in [0.2, 0.25) is 0 Å². The second-order valence-electron chi connectivity index (χ2n) is 5.07. The summed E-state index contributed by atoms with van der Waals surface area (Å²) in [5.74, 6) is 1.88. The normalized spacial score (nSPS) is 10.6. The third-order valence-corrected chi connectivity index (χ3v) is 3.18. The molecule has 1 aromatic rings. The largest absolute Gasteiger partial charge is 0.493 e. The zero-order chi connectivity index (χ0) is 14.8. The van der Waals surface area contributed by atoms with Crippen LogP contribution in [0.5, 0.6) is 11.5 Å². The molecule has 0 aromatic heterocycles. The van der Waals surface area contributed by atoms with E-state index in [4.69, 9.17) is 20.9 Å². The van der Waals surface area contributed by atoms with Crippen molar-refractivity contribution in [3.05, 3.63) is 23.3 Å². The fraction of sp³-hybridized carbons (Fsp3) is 0.625. The van der Waals surface area contributed by atoms with Crippen LogP contribution in [-0.4, -0.2) is 26.3 Å². The lowest BCUT2D eigenvalue weighted by atomic mass is 10.1. The van der Waals surface area contributed by atoms with E-state index in [0.29, 0.717) is 13.2 Å². The molecule has 0 amide bonds. The summed E-state index contributed by atoms with van der Waals surface area (Å²) in [5, 5.41) is 0. The molecule has 0 atom stereocenters. The van der Waals surface area contributed by atoms with Crippen molar-refractivity contribution in [2.24, 2.45) is 11.5 Å². The Morgan fingerprint density at radius 3 is 1.50 bits per heavy atom. The molecule has 1 aromatic carbocycles. The van der Waals surface area contributed by atoms with Gasteiger partial charge >= 0.3 is 0 Å². The van der Waals surface area contributed by atoms with E-state index < -0.39 is 0 Å². The number of hydrogen-bond donors (Lipinski definition) is 2. The monoisotopic (exact) mass is 280 g/mol. The van der Waals surface area contributed by atoms with Gasteiger partial charge in [-0.2, -0.15) is 0 Å². The highest BCUT2D eigenvalue weighted by molar-refractivity contribution is 5.45. The first kappa shape index (κ1) is 16.8. The quantitative estimate of drug-likeness (QED) is 0.646. The molecule has 4 nitrogen and oxygen atoms in total. The van der Waals surface area contributed by atoms with Crippen LogP contribution in [0.4, 0.5) is 0 Å². The zero-order valence-corrected chi connectivity index (χ0v) is 12.8. The predicted octanol–water partition coefficient (Wildman–Crippen LogP) is 2.54. The molecule has 4 heteroatoms. The standard InChI is InChI=1S/C16H28N2O2/c1-13-11-16(20-10-6-4-8-18)14(2)12-15(13)19-9-5-3-7-17/h11-12H,3-10,17-18H2,1-2H3. The van der Waals surface area contributed by atoms with Crippen molar-refractivity contribution in [1.29, 1.82) is 0 Å². The maximum Gasteiger partial charge on any atom is 0.122 e. The van der Waals surface area contributed by atoms with Crippen LogP contribution in [-0.2, 0) is 0 Å². The molecule has 0 bridgehead atoms. The van der Waals surface area contributed by atoms with E-state index in [-0.39, 0.29) is 0 Å². The van der Waals surface area contributed by atoms with Gasteiger partial charge in [-0.25, -0.2) is 0 Å². The number of hydrogen-bond acceptors (Lipinski definition) is 4. The molecule has 4 N–H and O–H groups in total. The van der Waals surface area contributed by atoms with Crippen LogP contribution in [0.1, 0.15) is 36.8 Å². The van der Waals surface area contributed by atoms with Gasteiger partial charge in [0.15, 0.2) is 0 Å². The van der Waals surface area contributed by atoms with E-state index in [2.05, 4.69) is 12.1 Å². The van der Waals surface area contributed by atoms with Crippen molar-refractivity contribution >= 4 is 0 Å². The van der Waals surface area contributed by atoms with Crippen LogP contribution in [0.25, 0.3) is 0 Å². The van der Waals surface area contributed by atoms with Gasteiger partial charge in [0.1, 0.15) is 11.5 Å². The fourth-order valence-corrected chi connectivity index (χ4v) is 1.93. The lowest BCUT2D eigenvalue weighted by Gasteiger charge is -2.14. The van der Waals surface area contributed by atoms with Gasteiger partial charge in [-0.1, -0.05) is 0 Å². The van der Waals surface area contributed by atoms with Crippen molar-refractivity contribution in [1.82, 2.24) is 0 Å². The third kappa shape index (κ3) is 5.80. The van der Waals surface area contributed by atoms with E-state index in [0.717, 1.165) is 61.4 Å². The SMILES string of the molecule is Cc1cc(OCCCCN)c(C)cc1OCCCCN. The molecule has 20 heavy (non-hydrogen) atoms. The fourth-order valence-electron chi connectivity index (χ4n) is 1.93. The van der Waals surface area contributed by atoms with E-state index in [9.17, 15) is 0 Å². The lowest BCUT2D eigenvalue weighted by molar-refractivity contribution is 0.296. The molecule has 0 aliphatic heterocycles. The minimum absolute atomic E-state index is 0.716. The Kier molecular flexibility index (Phi) is 8.07. The molecule has 0 fully saturated rings. The van der Waals surface area contributed by atoms with E-state index in [1.54, 1.807) is 0 Å². The molecular weight excluding hydrogens is 252 g/mol. The maximum atomic E-state index is 5.79. The minimum Gasteiger partial charge on any atom is -0.493 e. The van der Waals surface area contributed by atoms with Gasteiger partial charge in [-0.15, -0.1) is 0 Å². The Morgan fingerprint density at radius 2 is 1.15 bits per heavy atom.